The second-order valence-corrected chi connectivity index (χ2v) is 3.53. The molecule has 1 atom stereocenters. The lowest BCUT2D eigenvalue weighted by atomic mass is 10.1. The summed E-state index contributed by atoms with van der Waals surface area (Å²) < 4.78 is 6.70. The SMILES string of the molecule is CCCn1nncc1C(O)CCCOC. The van der Waals surface area contributed by atoms with Crippen LogP contribution in [-0.4, -0.2) is 33.8 Å². The molecule has 86 valence electrons. The number of aliphatic hydroxyl groups is 1. The maximum Gasteiger partial charge on any atom is 0.0973 e. The molecule has 1 heterocycles. The van der Waals surface area contributed by atoms with Crippen LogP contribution in [0.4, 0.5) is 0 Å². The molecule has 0 saturated carbocycles. The van der Waals surface area contributed by atoms with Gasteiger partial charge in [0.1, 0.15) is 0 Å². The highest BCUT2D eigenvalue weighted by Crippen LogP contribution is 2.16. The predicted octanol–water partition coefficient (Wildman–Crippen LogP) is 1.15. The Kier molecular flexibility index (Phi) is 5.28. The van der Waals surface area contributed by atoms with Crippen LogP contribution in [0, 0.1) is 0 Å². The highest BCUT2D eigenvalue weighted by molar-refractivity contribution is 4.98. The molecule has 5 nitrogen and oxygen atoms in total. The zero-order chi connectivity index (χ0) is 11.1. The summed E-state index contributed by atoms with van der Waals surface area (Å²) >= 11 is 0. The Morgan fingerprint density at radius 1 is 1.60 bits per heavy atom. The van der Waals surface area contributed by atoms with E-state index in [-0.39, 0.29) is 0 Å². The molecule has 1 unspecified atom stereocenters. The van der Waals surface area contributed by atoms with Crippen molar-refractivity contribution >= 4 is 0 Å². The minimum absolute atomic E-state index is 0.485. The summed E-state index contributed by atoms with van der Waals surface area (Å²) in [7, 11) is 1.66. The quantitative estimate of drug-likeness (QED) is 0.690. The molecule has 1 rings (SSSR count). The van der Waals surface area contributed by atoms with Crippen molar-refractivity contribution in [2.45, 2.75) is 38.8 Å². The summed E-state index contributed by atoms with van der Waals surface area (Å²) in [5, 5.41) is 17.6. The molecule has 0 saturated heterocycles. The van der Waals surface area contributed by atoms with Crippen molar-refractivity contribution in [2.75, 3.05) is 13.7 Å². The Morgan fingerprint density at radius 2 is 2.40 bits per heavy atom. The van der Waals surface area contributed by atoms with Crippen LogP contribution in [-0.2, 0) is 11.3 Å². The molecule has 0 spiro atoms. The third-order valence-electron chi connectivity index (χ3n) is 2.25. The topological polar surface area (TPSA) is 60.2 Å². The minimum Gasteiger partial charge on any atom is -0.387 e. The van der Waals surface area contributed by atoms with Crippen LogP contribution < -0.4 is 0 Å². The highest BCUT2D eigenvalue weighted by Gasteiger charge is 2.13. The van der Waals surface area contributed by atoms with E-state index in [4.69, 9.17) is 4.74 Å². The number of nitrogens with zero attached hydrogens (tertiary/aromatic N) is 3. The number of hydrogen-bond donors (Lipinski definition) is 1. The normalized spacial score (nSPS) is 13.0. The van der Waals surface area contributed by atoms with Crippen molar-refractivity contribution in [3.63, 3.8) is 0 Å². The van der Waals surface area contributed by atoms with E-state index >= 15 is 0 Å². The minimum atomic E-state index is -0.485. The Hall–Kier alpha value is -0.940. The molecular formula is C10H19N3O2. The lowest BCUT2D eigenvalue weighted by Gasteiger charge is -2.11. The van der Waals surface area contributed by atoms with Crippen LogP contribution in [0.5, 0.6) is 0 Å². The van der Waals surface area contributed by atoms with E-state index in [0.29, 0.717) is 13.0 Å². The van der Waals surface area contributed by atoms with Gasteiger partial charge in [-0.1, -0.05) is 12.1 Å². The number of methoxy groups -OCH3 is 1. The third kappa shape index (κ3) is 3.60. The van der Waals surface area contributed by atoms with Crippen molar-refractivity contribution in [3.05, 3.63) is 11.9 Å². The number of aromatic nitrogens is 3. The summed E-state index contributed by atoms with van der Waals surface area (Å²) in [6.45, 7) is 3.55. The first kappa shape index (κ1) is 12.1. The van der Waals surface area contributed by atoms with Crippen LogP contribution >= 0.6 is 0 Å². The second-order valence-electron chi connectivity index (χ2n) is 3.53. The van der Waals surface area contributed by atoms with Crippen LogP contribution in [0.25, 0.3) is 0 Å². The predicted molar refractivity (Wildman–Crippen MR) is 56.4 cm³/mol. The molecule has 0 bridgehead atoms. The molecule has 0 radical (unpaired) electrons. The highest BCUT2D eigenvalue weighted by atomic mass is 16.5. The van der Waals surface area contributed by atoms with Gasteiger partial charge in [-0.2, -0.15) is 0 Å². The largest absolute Gasteiger partial charge is 0.387 e. The van der Waals surface area contributed by atoms with Gasteiger partial charge in [0.05, 0.1) is 18.0 Å². The molecule has 15 heavy (non-hydrogen) atoms. The Balaban J connectivity index is 2.48. The summed E-state index contributed by atoms with van der Waals surface area (Å²) in [6, 6.07) is 0. The molecule has 0 aromatic carbocycles. The van der Waals surface area contributed by atoms with Gasteiger partial charge in [-0.15, -0.1) is 5.10 Å². The molecule has 0 aliphatic carbocycles. The van der Waals surface area contributed by atoms with Gasteiger partial charge in [0.2, 0.25) is 0 Å². The number of aryl methyl sites for hydroxylation is 1. The summed E-state index contributed by atoms with van der Waals surface area (Å²) in [4.78, 5) is 0. The van der Waals surface area contributed by atoms with Gasteiger partial charge >= 0.3 is 0 Å². The lowest BCUT2D eigenvalue weighted by molar-refractivity contribution is 0.129. The van der Waals surface area contributed by atoms with Gasteiger partial charge in [-0.25, -0.2) is 4.68 Å². The molecule has 5 heteroatoms. The summed E-state index contributed by atoms with van der Waals surface area (Å²) in [5.74, 6) is 0. The molecule has 0 fully saturated rings. The van der Waals surface area contributed by atoms with Crippen LogP contribution in [0.3, 0.4) is 0 Å². The van der Waals surface area contributed by atoms with Crippen molar-refractivity contribution < 1.29 is 9.84 Å². The van der Waals surface area contributed by atoms with Crippen molar-refractivity contribution in [2.24, 2.45) is 0 Å². The number of ether oxygens (including phenoxy) is 1. The van der Waals surface area contributed by atoms with Gasteiger partial charge in [0.15, 0.2) is 0 Å². The fraction of sp³-hybridized carbons (Fsp3) is 0.800. The van der Waals surface area contributed by atoms with Gasteiger partial charge < -0.3 is 9.84 Å². The van der Waals surface area contributed by atoms with Crippen LogP contribution in [0.1, 0.15) is 38.0 Å². The lowest BCUT2D eigenvalue weighted by Crippen LogP contribution is -2.09. The van der Waals surface area contributed by atoms with Gasteiger partial charge in [0, 0.05) is 20.3 Å². The van der Waals surface area contributed by atoms with Crippen LogP contribution in [0.15, 0.2) is 6.20 Å². The maximum absolute atomic E-state index is 9.89. The van der Waals surface area contributed by atoms with E-state index < -0.39 is 6.10 Å². The van der Waals surface area contributed by atoms with E-state index in [2.05, 4.69) is 17.2 Å². The molecule has 1 aromatic heterocycles. The molecule has 0 aliphatic heterocycles. The van der Waals surface area contributed by atoms with E-state index in [9.17, 15) is 5.11 Å². The molecule has 1 aromatic rings. The first-order valence-electron chi connectivity index (χ1n) is 5.35. The van der Waals surface area contributed by atoms with Crippen molar-refractivity contribution in [1.29, 1.82) is 0 Å². The number of hydrogen-bond acceptors (Lipinski definition) is 4. The van der Waals surface area contributed by atoms with E-state index in [1.165, 1.54) is 0 Å². The van der Waals surface area contributed by atoms with Gasteiger partial charge in [-0.05, 0) is 19.3 Å². The molecule has 0 aliphatic rings. The van der Waals surface area contributed by atoms with Crippen LogP contribution in [0.2, 0.25) is 0 Å². The standard InChI is InChI=1S/C10H19N3O2/c1-3-6-13-9(8-11-12-13)10(14)5-4-7-15-2/h8,10,14H,3-7H2,1-2H3. The third-order valence-corrected chi connectivity index (χ3v) is 2.25. The molecule has 0 amide bonds. The average Bonchev–Trinajstić information content (AvgIpc) is 2.67. The molecular weight excluding hydrogens is 194 g/mol. The number of aliphatic hydroxyl groups excluding tert-OH is 1. The first-order valence-corrected chi connectivity index (χ1v) is 5.35. The Bertz CT molecular complexity index is 275. The maximum atomic E-state index is 9.89. The van der Waals surface area contributed by atoms with Gasteiger partial charge in [-0.3, -0.25) is 0 Å². The fourth-order valence-electron chi connectivity index (χ4n) is 1.48. The van der Waals surface area contributed by atoms with Crippen molar-refractivity contribution in [3.8, 4) is 0 Å². The fourth-order valence-corrected chi connectivity index (χ4v) is 1.48. The second kappa shape index (κ2) is 6.53. The van der Waals surface area contributed by atoms with E-state index in [1.807, 2.05) is 0 Å². The van der Waals surface area contributed by atoms with Crippen molar-refractivity contribution in [1.82, 2.24) is 15.0 Å². The smallest absolute Gasteiger partial charge is 0.0973 e. The Morgan fingerprint density at radius 3 is 3.07 bits per heavy atom. The summed E-state index contributed by atoms with van der Waals surface area (Å²) in [5.41, 5.74) is 0.799. The Labute approximate surface area is 90.1 Å². The monoisotopic (exact) mass is 213 g/mol. The van der Waals surface area contributed by atoms with Gasteiger partial charge in [0.25, 0.3) is 0 Å². The first-order chi connectivity index (χ1) is 7.29. The zero-order valence-electron chi connectivity index (χ0n) is 9.39. The zero-order valence-corrected chi connectivity index (χ0v) is 9.39. The average molecular weight is 213 g/mol. The van der Waals surface area contributed by atoms with E-state index in [1.54, 1.807) is 18.0 Å². The molecule has 1 N–H and O–H groups in total. The van der Waals surface area contributed by atoms with E-state index in [0.717, 1.165) is 25.1 Å². The number of rotatable bonds is 7. The summed E-state index contributed by atoms with van der Waals surface area (Å²) in [6.07, 6.45) is 3.66.